The zero-order valence-corrected chi connectivity index (χ0v) is 19.9. The predicted octanol–water partition coefficient (Wildman–Crippen LogP) is 3.96. The molecule has 1 rings (SSSR count). The Balaban J connectivity index is 2.02. The van der Waals surface area contributed by atoms with Crippen LogP contribution in [0.5, 0.6) is 0 Å². The highest BCUT2D eigenvalue weighted by Crippen LogP contribution is 2.15. The molecule has 5 nitrogen and oxygen atoms in total. The van der Waals surface area contributed by atoms with E-state index in [1.807, 2.05) is 0 Å². The number of carbonyl (C=O) groups excluding carboxylic acids is 1. The molecule has 0 aromatic rings. The summed E-state index contributed by atoms with van der Waals surface area (Å²) in [4.78, 5) is 13.0. The molecule has 0 saturated heterocycles. The van der Waals surface area contributed by atoms with Gasteiger partial charge in [0.1, 0.15) is 19.6 Å². The van der Waals surface area contributed by atoms with Gasteiger partial charge in [-0.2, -0.15) is 0 Å². The van der Waals surface area contributed by atoms with Gasteiger partial charge in [0.2, 0.25) is 5.84 Å². The first-order valence-corrected chi connectivity index (χ1v) is 12.7. The van der Waals surface area contributed by atoms with Gasteiger partial charge in [-0.3, -0.25) is 9.48 Å². The van der Waals surface area contributed by atoms with Gasteiger partial charge in [0.25, 0.3) is 0 Å². The van der Waals surface area contributed by atoms with Crippen LogP contribution in [0.3, 0.4) is 0 Å². The number of β-amino-alcohol motifs (C(OH)–C–C–N with tert-alkyl or cyclic N) is 1. The third kappa shape index (κ3) is 13.3. The number of rotatable bonds is 20. The molecule has 0 aromatic carbocycles. The maximum Gasteiger partial charge on any atom is 0.247 e. The molecule has 0 spiro atoms. The number of unbranched alkanes of at least 4 members (excludes halogenated alkanes) is 11. The fraction of sp³-hybridized carbons (Fsp3) is 0.920. The molecular weight excluding hydrogens is 376 g/mol. The van der Waals surface area contributed by atoms with Crippen LogP contribution in [0.1, 0.15) is 110 Å². The van der Waals surface area contributed by atoms with Crippen molar-refractivity contribution in [3.05, 3.63) is 0 Å². The van der Waals surface area contributed by atoms with Crippen molar-refractivity contribution >= 4 is 11.8 Å². The first-order chi connectivity index (χ1) is 14.5. The lowest BCUT2D eigenvalue weighted by Crippen LogP contribution is -2.34. The number of carbonyl (C=O) groups is 1. The summed E-state index contributed by atoms with van der Waals surface area (Å²) in [5.41, 5.74) is 0. The Morgan fingerprint density at radius 1 is 0.967 bits per heavy atom. The fourth-order valence-corrected chi connectivity index (χ4v) is 4.45. The molecule has 0 radical (unpaired) electrons. The van der Waals surface area contributed by atoms with E-state index in [-0.39, 0.29) is 13.0 Å². The van der Waals surface area contributed by atoms with Gasteiger partial charge in [-0.05, 0) is 12.3 Å². The van der Waals surface area contributed by atoms with Crippen LogP contribution in [-0.4, -0.2) is 59.2 Å². The lowest BCUT2D eigenvalue weighted by Gasteiger charge is -2.14. The molecule has 0 atom stereocenters. The number of hydrogen-bond acceptors (Lipinski definition) is 4. The van der Waals surface area contributed by atoms with E-state index in [0.29, 0.717) is 13.1 Å². The van der Waals surface area contributed by atoms with Crippen molar-refractivity contribution in [3.63, 3.8) is 0 Å². The average Bonchev–Trinajstić information content (AvgIpc) is 3.08. The highest BCUT2D eigenvalue weighted by molar-refractivity contribution is 5.79. The molecule has 0 amide bonds. The maximum absolute atomic E-state index is 10.8. The standard InChI is InChI=1S/C25H48N2O3/c1-23(2)15-13-11-9-7-5-3-4-6-8-10-12-14-16-24-26(18-17-25(29)30)19-20-27(24)21-22-28/h23,28H,3-22H2,1-2H3. The Morgan fingerprint density at radius 2 is 1.50 bits per heavy atom. The molecule has 0 saturated carbocycles. The first-order valence-electron chi connectivity index (χ1n) is 12.7. The summed E-state index contributed by atoms with van der Waals surface area (Å²) in [5.74, 6) is 1.09. The summed E-state index contributed by atoms with van der Waals surface area (Å²) in [5, 5.41) is 20.1. The van der Waals surface area contributed by atoms with Gasteiger partial charge in [-0.15, -0.1) is 0 Å². The smallest absolute Gasteiger partial charge is 0.247 e. The quantitative estimate of drug-likeness (QED) is 0.237. The monoisotopic (exact) mass is 424 g/mol. The van der Waals surface area contributed by atoms with Crippen LogP contribution in [-0.2, 0) is 4.79 Å². The highest BCUT2D eigenvalue weighted by Gasteiger charge is 2.28. The number of amidine groups is 1. The molecule has 0 unspecified atom stereocenters. The van der Waals surface area contributed by atoms with Crippen molar-refractivity contribution in [1.29, 1.82) is 0 Å². The van der Waals surface area contributed by atoms with Crippen molar-refractivity contribution in [3.8, 4) is 0 Å². The molecule has 176 valence electrons. The number of aliphatic carboxylic acids is 1. The highest BCUT2D eigenvalue weighted by atomic mass is 16.4. The molecule has 0 fully saturated rings. The van der Waals surface area contributed by atoms with Gasteiger partial charge < -0.3 is 15.0 Å². The van der Waals surface area contributed by atoms with E-state index in [2.05, 4.69) is 23.3 Å². The number of aliphatic hydroxyl groups is 1. The Hall–Kier alpha value is -1.10. The van der Waals surface area contributed by atoms with Gasteiger partial charge in [0.15, 0.2) is 0 Å². The second-order valence-corrected chi connectivity index (χ2v) is 9.41. The topological polar surface area (TPSA) is 66.6 Å². The van der Waals surface area contributed by atoms with Gasteiger partial charge in [0, 0.05) is 18.8 Å². The number of aliphatic hydroxyl groups excluding tert-OH is 1. The molecule has 0 aliphatic carbocycles. The molecule has 0 aromatic heterocycles. The third-order valence-corrected chi connectivity index (χ3v) is 6.26. The fourth-order valence-electron chi connectivity index (χ4n) is 4.45. The summed E-state index contributed by atoms with van der Waals surface area (Å²) < 4.78 is 2.22. The van der Waals surface area contributed by atoms with E-state index in [9.17, 15) is 15.0 Å². The summed E-state index contributed by atoms with van der Waals surface area (Å²) >= 11 is 0. The van der Waals surface area contributed by atoms with Crippen LogP contribution in [0, 0.1) is 5.92 Å². The van der Waals surface area contributed by atoms with E-state index < -0.39 is 5.97 Å². The Morgan fingerprint density at radius 3 is 2.00 bits per heavy atom. The second kappa shape index (κ2) is 17.6. The van der Waals surface area contributed by atoms with Crippen molar-refractivity contribution in [2.75, 3.05) is 32.8 Å². The second-order valence-electron chi connectivity index (χ2n) is 9.41. The molecule has 1 N–H and O–H groups in total. The normalized spacial score (nSPS) is 14.3. The van der Waals surface area contributed by atoms with Crippen molar-refractivity contribution in [2.24, 2.45) is 5.92 Å². The number of nitrogens with zero attached hydrogens (tertiary/aromatic N) is 2. The van der Waals surface area contributed by atoms with Crippen LogP contribution < -0.4 is 5.11 Å². The maximum atomic E-state index is 10.8. The number of hydrogen-bond donors (Lipinski definition) is 1. The van der Waals surface area contributed by atoms with Gasteiger partial charge in [0.05, 0.1) is 13.2 Å². The number of carboxylic acid groups (broad SMARTS) is 1. The van der Waals surface area contributed by atoms with E-state index in [0.717, 1.165) is 31.8 Å². The Bertz CT molecular complexity index is 477. The SMILES string of the molecule is CC(C)CCCCCCCCCCCCCCC1=[N+](CCO)CCN1CCC(=O)[O-]. The minimum absolute atomic E-state index is 0.0778. The van der Waals surface area contributed by atoms with E-state index >= 15 is 0 Å². The van der Waals surface area contributed by atoms with Crippen molar-refractivity contribution < 1.29 is 19.6 Å². The van der Waals surface area contributed by atoms with Crippen molar-refractivity contribution in [2.45, 2.75) is 110 Å². The lowest BCUT2D eigenvalue weighted by molar-refractivity contribution is -0.521. The van der Waals surface area contributed by atoms with Crippen LogP contribution >= 0.6 is 0 Å². The van der Waals surface area contributed by atoms with Gasteiger partial charge >= 0.3 is 0 Å². The molecule has 0 bridgehead atoms. The summed E-state index contributed by atoms with van der Waals surface area (Å²) in [6.07, 6.45) is 18.6. The average molecular weight is 425 g/mol. The van der Waals surface area contributed by atoms with Crippen LogP contribution in [0.15, 0.2) is 0 Å². The third-order valence-electron chi connectivity index (χ3n) is 6.26. The largest absolute Gasteiger partial charge is 0.550 e. The van der Waals surface area contributed by atoms with Gasteiger partial charge in [-0.1, -0.05) is 90.9 Å². The molecule has 30 heavy (non-hydrogen) atoms. The Kier molecular flexibility index (Phi) is 15.8. The zero-order valence-electron chi connectivity index (χ0n) is 19.9. The van der Waals surface area contributed by atoms with E-state index in [1.54, 1.807) is 0 Å². The van der Waals surface area contributed by atoms with Crippen LogP contribution in [0.2, 0.25) is 0 Å². The van der Waals surface area contributed by atoms with E-state index in [1.165, 1.54) is 82.9 Å². The van der Waals surface area contributed by atoms with Crippen molar-refractivity contribution in [1.82, 2.24) is 4.90 Å². The summed E-state index contributed by atoms with van der Waals surface area (Å²) in [6, 6.07) is 0. The number of carboxylic acids is 1. The molecule has 1 heterocycles. The summed E-state index contributed by atoms with van der Waals surface area (Å²) in [6.45, 7) is 7.70. The first kappa shape index (κ1) is 26.9. The minimum atomic E-state index is -0.985. The van der Waals surface area contributed by atoms with Crippen LogP contribution in [0.25, 0.3) is 0 Å². The predicted molar refractivity (Wildman–Crippen MR) is 123 cm³/mol. The Labute approximate surface area is 185 Å². The zero-order chi connectivity index (χ0) is 22.0. The summed E-state index contributed by atoms with van der Waals surface area (Å²) in [7, 11) is 0. The molecular formula is C25H48N2O3. The van der Waals surface area contributed by atoms with E-state index in [4.69, 9.17) is 0 Å². The van der Waals surface area contributed by atoms with Crippen LogP contribution in [0.4, 0.5) is 0 Å². The van der Waals surface area contributed by atoms with Gasteiger partial charge in [-0.25, -0.2) is 0 Å². The molecule has 1 aliphatic rings. The lowest BCUT2D eigenvalue weighted by atomic mass is 10.0. The molecule has 5 heteroatoms. The minimum Gasteiger partial charge on any atom is -0.550 e. The molecule has 1 aliphatic heterocycles.